The second-order valence-corrected chi connectivity index (χ2v) is 11.3. The van der Waals surface area contributed by atoms with Gasteiger partial charge in [0.15, 0.2) is 0 Å². The van der Waals surface area contributed by atoms with E-state index in [0.717, 1.165) is 52.2 Å². The number of halogens is 1. The molecule has 0 bridgehead atoms. The van der Waals surface area contributed by atoms with Gasteiger partial charge in [-0.3, -0.25) is 14.5 Å². The summed E-state index contributed by atoms with van der Waals surface area (Å²) in [4.78, 5) is 26.6. The number of anilines is 2. The summed E-state index contributed by atoms with van der Waals surface area (Å²) >= 11 is 5.50. The van der Waals surface area contributed by atoms with Crippen LogP contribution >= 0.6 is 27.7 Å². The van der Waals surface area contributed by atoms with Gasteiger partial charge in [-0.2, -0.15) is 11.8 Å². The number of nitrogens with zero attached hydrogens (tertiary/aromatic N) is 1. The molecule has 2 heterocycles. The zero-order valence-corrected chi connectivity index (χ0v) is 22.7. The molecule has 0 spiro atoms. The second-order valence-electron chi connectivity index (χ2n) is 9.20. The second kappa shape index (κ2) is 11.5. The van der Waals surface area contributed by atoms with Crippen molar-refractivity contribution < 1.29 is 14.7 Å². The monoisotopic (exact) mass is 577 g/mol. The lowest BCUT2D eigenvalue weighted by molar-refractivity contribution is -0.137. The molecule has 0 aliphatic carbocycles. The summed E-state index contributed by atoms with van der Waals surface area (Å²) in [6.45, 7) is 3.18. The molecule has 3 aromatic rings. The highest BCUT2D eigenvalue weighted by Crippen LogP contribution is 2.39. The van der Waals surface area contributed by atoms with E-state index >= 15 is 0 Å². The van der Waals surface area contributed by atoms with Crippen molar-refractivity contribution in [1.29, 1.82) is 0 Å². The van der Waals surface area contributed by atoms with Gasteiger partial charge in [-0.1, -0.05) is 58.4 Å². The number of carboxylic acids is 1. The summed E-state index contributed by atoms with van der Waals surface area (Å²) < 4.78 is 0.896. The highest BCUT2D eigenvalue weighted by atomic mass is 79.9. The van der Waals surface area contributed by atoms with Crippen LogP contribution in [0.4, 0.5) is 11.4 Å². The molecule has 1 saturated heterocycles. The largest absolute Gasteiger partial charge is 0.481 e. The summed E-state index contributed by atoms with van der Waals surface area (Å²) in [7, 11) is 0. The van der Waals surface area contributed by atoms with Crippen molar-refractivity contribution >= 4 is 62.2 Å². The van der Waals surface area contributed by atoms with Gasteiger partial charge in [-0.25, -0.2) is 0 Å². The quantitative estimate of drug-likeness (QED) is 0.287. The van der Waals surface area contributed by atoms with Crippen LogP contribution in [0.25, 0.3) is 11.3 Å². The number of hydrogen-bond acceptors (Lipinski definition) is 5. The predicted molar refractivity (Wildman–Crippen MR) is 155 cm³/mol. The number of aliphatic carboxylic acids is 1. The lowest BCUT2D eigenvalue weighted by Crippen LogP contribution is -2.31. The number of fused-ring (bicyclic) bond motifs is 1. The molecular formula is C29H28BrN3O3S. The van der Waals surface area contributed by atoms with Crippen molar-refractivity contribution in [2.24, 2.45) is 0 Å². The summed E-state index contributed by atoms with van der Waals surface area (Å²) in [5.41, 5.74) is 6.86. The number of benzene rings is 3. The third-order valence-electron chi connectivity index (χ3n) is 6.58. The van der Waals surface area contributed by atoms with Crippen molar-refractivity contribution in [2.75, 3.05) is 35.2 Å². The molecule has 5 rings (SSSR count). The number of hydrogen-bond donors (Lipinski definition) is 3. The van der Waals surface area contributed by atoms with Crippen molar-refractivity contribution in [2.45, 2.75) is 19.4 Å². The summed E-state index contributed by atoms with van der Waals surface area (Å²) in [6, 6.07) is 21.9. The molecule has 1 fully saturated rings. The molecule has 6 nitrogen and oxygen atoms in total. The zero-order valence-electron chi connectivity index (χ0n) is 20.3. The topological polar surface area (TPSA) is 81.7 Å². The molecule has 190 valence electrons. The molecule has 3 aromatic carbocycles. The SMILES string of the molecule is O=C(O)CCc1ccc(C(Nc2ccc(CN3CCSCC3)cc2)=C2C(=O)Nc3cc(Br)ccc32)cc1. The van der Waals surface area contributed by atoms with Gasteiger partial charge in [0, 0.05) is 53.3 Å². The van der Waals surface area contributed by atoms with Gasteiger partial charge >= 0.3 is 5.97 Å². The Hall–Kier alpha value is -3.07. The first-order chi connectivity index (χ1) is 18.0. The highest BCUT2D eigenvalue weighted by molar-refractivity contribution is 9.10. The van der Waals surface area contributed by atoms with Crippen LogP contribution in [-0.4, -0.2) is 46.5 Å². The average Bonchev–Trinajstić information content (AvgIpc) is 3.22. The van der Waals surface area contributed by atoms with Gasteiger partial charge in [-0.05, 0) is 47.4 Å². The third kappa shape index (κ3) is 6.26. The van der Waals surface area contributed by atoms with E-state index in [1.807, 2.05) is 54.2 Å². The maximum absolute atomic E-state index is 13.2. The van der Waals surface area contributed by atoms with Crippen molar-refractivity contribution in [1.82, 2.24) is 4.90 Å². The maximum atomic E-state index is 13.2. The Labute approximate surface area is 229 Å². The average molecular weight is 579 g/mol. The molecule has 0 unspecified atom stereocenters. The number of thioether (sulfide) groups is 1. The molecule has 0 radical (unpaired) electrons. The van der Waals surface area contributed by atoms with Crippen LogP contribution < -0.4 is 10.6 Å². The van der Waals surface area contributed by atoms with Gasteiger partial charge in [0.05, 0.1) is 17.0 Å². The van der Waals surface area contributed by atoms with Crippen molar-refractivity contribution in [3.8, 4) is 0 Å². The molecular weight excluding hydrogens is 550 g/mol. The van der Waals surface area contributed by atoms with Crippen molar-refractivity contribution in [3.63, 3.8) is 0 Å². The van der Waals surface area contributed by atoms with Crippen LogP contribution in [-0.2, 0) is 22.6 Å². The van der Waals surface area contributed by atoms with Crippen LogP contribution in [0.15, 0.2) is 71.2 Å². The smallest absolute Gasteiger partial charge is 0.303 e. The van der Waals surface area contributed by atoms with Crippen LogP contribution in [0.5, 0.6) is 0 Å². The number of nitrogens with one attached hydrogen (secondary N) is 2. The maximum Gasteiger partial charge on any atom is 0.303 e. The van der Waals surface area contributed by atoms with E-state index in [1.165, 1.54) is 17.1 Å². The highest BCUT2D eigenvalue weighted by Gasteiger charge is 2.28. The minimum Gasteiger partial charge on any atom is -0.481 e. The standard InChI is InChI=1S/C29H28BrN3O3S/c30-22-8-11-24-25(17-22)32-29(36)27(24)28(21-6-1-19(2-7-21)5-12-26(34)35)31-23-9-3-20(4-10-23)18-33-13-15-37-16-14-33/h1-4,6-11,17,31H,5,12-16,18H2,(H,32,36)(H,34,35). The van der Waals surface area contributed by atoms with E-state index in [4.69, 9.17) is 5.11 Å². The van der Waals surface area contributed by atoms with Crippen LogP contribution in [0.2, 0.25) is 0 Å². The van der Waals surface area contributed by atoms with E-state index in [1.54, 1.807) is 0 Å². The van der Waals surface area contributed by atoms with E-state index in [-0.39, 0.29) is 12.3 Å². The van der Waals surface area contributed by atoms with E-state index in [0.29, 0.717) is 17.7 Å². The fourth-order valence-electron chi connectivity index (χ4n) is 4.62. The Morgan fingerprint density at radius 1 is 1.00 bits per heavy atom. The summed E-state index contributed by atoms with van der Waals surface area (Å²) in [5.74, 6) is 1.39. The molecule has 2 aliphatic rings. The molecule has 8 heteroatoms. The van der Waals surface area contributed by atoms with E-state index in [9.17, 15) is 9.59 Å². The first-order valence-corrected chi connectivity index (χ1v) is 14.2. The predicted octanol–water partition coefficient (Wildman–Crippen LogP) is 5.95. The van der Waals surface area contributed by atoms with Gasteiger partial charge < -0.3 is 15.7 Å². The number of aryl methyl sites for hydroxylation is 1. The molecule has 3 N–H and O–H groups in total. The van der Waals surface area contributed by atoms with E-state index in [2.05, 4.69) is 55.7 Å². The Morgan fingerprint density at radius 2 is 1.70 bits per heavy atom. The first kappa shape index (κ1) is 25.6. The fraction of sp³-hybridized carbons (Fsp3) is 0.241. The number of carbonyl (C=O) groups is 2. The third-order valence-corrected chi connectivity index (χ3v) is 8.02. The molecule has 37 heavy (non-hydrogen) atoms. The Balaban J connectivity index is 1.46. The molecule has 1 amide bonds. The van der Waals surface area contributed by atoms with Crippen LogP contribution in [0.3, 0.4) is 0 Å². The summed E-state index contributed by atoms with van der Waals surface area (Å²) in [6.07, 6.45) is 0.544. The lowest BCUT2D eigenvalue weighted by Gasteiger charge is -2.26. The summed E-state index contributed by atoms with van der Waals surface area (Å²) in [5, 5.41) is 15.5. The normalized spacial score (nSPS) is 16.7. The van der Waals surface area contributed by atoms with Gasteiger partial charge in [0.1, 0.15) is 0 Å². The van der Waals surface area contributed by atoms with Gasteiger partial charge in [0.2, 0.25) is 0 Å². The van der Waals surface area contributed by atoms with Crippen LogP contribution in [0, 0.1) is 0 Å². The van der Waals surface area contributed by atoms with Crippen molar-refractivity contribution in [3.05, 3.63) is 93.5 Å². The Morgan fingerprint density at radius 3 is 2.41 bits per heavy atom. The Bertz CT molecular complexity index is 1330. The molecule has 0 saturated carbocycles. The molecule has 2 aliphatic heterocycles. The lowest BCUT2D eigenvalue weighted by atomic mass is 9.98. The van der Waals surface area contributed by atoms with Gasteiger partial charge in [0.25, 0.3) is 5.91 Å². The van der Waals surface area contributed by atoms with Gasteiger partial charge in [-0.15, -0.1) is 0 Å². The number of carboxylic acid groups (broad SMARTS) is 1. The molecule has 0 atom stereocenters. The first-order valence-electron chi connectivity index (χ1n) is 12.3. The van der Waals surface area contributed by atoms with Crippen LogP contribution in [0.1, 0.15) is 28.7 Å². The number of rotatable bonds is 8. The Kier molecular flexibility index (Phi) is 7.98. The minimum absolute atomic E-state index is 0.0822. The number of amides is 1. The fourth-order valence-corrected chi connectivity index (χ4v) is 5.96. The molecule has 0 aromatic heterocycles. The minimum atomic E-state index is -0.818. The zero-order chi connectivity index (χ0) is 25.8. The van der Waals surface area contributed by atoms with E-state index < -0.39 is 5.97 Å². The number of carbonyl (C=O) groups excluding carboxylic acids is 1.